The number of hydrogen-bond acceptors (Lipinski definition) is 4. The average molecular weight is 328 g/mol. The van der Waals surface area contributed by atoms with Crippen LogP contribution < -0.4 is 0 Å². The maximum atomic E-state index is 13.1. The summed E-state index contributed by atoms with van der Waals surface area (Å²) in [5.74, 6) is -2.94. The van der Waals surface area contributed by atoms with Gasteiger partial charge in [0.1, 0.15) is 11.2 Å². The van der Waals surface area contributed by atoms with Crippen LogP contribution in [-0.2, 0) is 9.53 Å². The van der Waals surface area contributed by atoms with Crippen LogP contribution in [0.1, 0.15) is 29.8 Å². The molecule has 1 aromatic rings. The Kier molecular flexibility index (Phi) is 3.57. The van der Waals surface area contributed by atoms with Gasteiger partial charge in [-0.25, -0.2) is 4.79 Å². The van der Waals surface area contributed by atoms with E-state index in [9.17, 15) is 22.8 Å². The van der Waals surface area contributed by atoms with Crippen LogP contribution in [0.2, 0.25) is 0 Å². The predicted octanol–water partition coefficient (Wildman–Crippen LogP) is 2.18. The summed E-state index contributed by atoms with van der Waals surface area (Å²) in [5.41, 5.74) is -1.43. The number of ether oxygens (including phenoxy) is 1. The third-order valence-corrected chi connectivity index (χ3v) is 4.67. The molecule has 8 heteroatoms. The van der Waals surface area contributed by atoms with Crippen molar-refractivity contribution in [3.63, 3.8) is 0 Å². The van der Waals surface area contributed by atoms with E-state index >= 15 is 0 Å². The fourth-order valence-electron chi connectivity index (χ4n) is 3.68. The van der Waals surface area contributed by atoms with Crippen molar-refractivity contribution in [2.24, 2.45) is 5.92 Å². The number of likely N-dealkylation sites (tertiary alicyclic amines) is 1. The molecular weight excluding hydrogens is 313 g/mol. The minimum atomic E-state index is -4.39. The summed E-state index contributed by atoms with van der Waals surface area (Å²) in [5, 5.41) is 0. The number of carbonyl (C=O) groups is 2. The third kappa shape index (κ3) is 2.36. The van der Waals surface area contributed by atoms with E-state index in [2.05, 4.69) is 9.72 Å². The summed E-state index contributed by atoms with van der Waals surface area (Å²) < 4.78 is 43.9. The zero-order chi connectivity index (χ0) is 16.8. The molecule has 2 heterocycles. The first-order chi connectivity index (χ1) is 10.8. The van der Waals surface area contributed by atoms with E-state index in [1.165, 1.54) is 17.2 Å². The van der Waals surface area contributed by atoms with Gasteiger partial charge in [0.25, 0.3) is 5.91 Å². The van der Waals surface area contributed by atoms with Crippen LogP contribution in [-0.4, -0.2) is 46.6 Å². The molecule has 1 saturated carbocycles. The molecule has 0 spiro atoms. The fourth-order valence-corrected chi connectivity index (χ4v) is 3.68. The number of pyridine rings is 1. The fraction of sp³-hybridized carbons (Fsp3) is 0.533. The Labute approximate surface area is 130 Å². The van der Waals surface area contributed by atoms with Gasteiger partial charge in [-0.2, -0.15) is 13.2 Å². The van der Waals surface area contributed by atoms with Gasteiger partial charge in [-0.1, -0.05) is 6.07 Å². The van der Waals surface area contributed by atoms with Crippen LogP contribution in [0.4, 0.5) is 13.2 Å². The van der Waals surface area contributed by atoms with Crippen molar-refractivity contribution in [2.75, 3.05) is 7.11 Å². The molecule has 2 fully saturated rings. The molecule has 1 unspecified atom stereocenters. The first kappa shape index (κ1) is 15.8. The molecule has 5 nitrogen and oxygen atoms in total. The molecule has 0 aromatic carbocycles. The highest BCUT2D eigenvalue weighted by molar-refractivity contribution is 5.98. The molecule has 1 aromatic heterocycles. The van der Waals surface area contributed by atoms with Gasteiger partial charge < -0.3 is 9.64 Å². The molecule has 1 aliphatic heterocycles. The molecule has 1 amide bonds. The Morgan fingerprint density at radius 3 is 2.65 bits per heavy atom. The maximum Gasteiger partial charge on any atom is 0.392 e. The van der Waals surface area contributed by atoms with E-state index < -0.39 is 42.0 Å². The van der Waals surface area contributed by atoms with Gasteiger partial charge in [-0.3, -0.25) is 9.78 Å². The second-order valence-electron chi connectivity index (χ2n) is 5.95. The van der Waals surface area contributed by atoms with Crippen LogP contribution in [0, 0.1) is 5.92 Å². The molecule has 0 radical (unpaired) electrons. The lowest BCUT2D eigenvalue weighted by Crippen LogP contribution is -2.76. The van der Waals surface area contributed by atoms with Gasteiger partial charge in [0.2, 0.25) is 0 Å². The number of alkyl halides is 3. The minimum absolute atomic E-state index is 0.107. The van der Waals surface area contributed by atoms with Crippen LogP contribution >= 0.6 is 0 Å². The number of aromatic nitrogens is 1. The number of hydrogen-bond donors (Lipinski definition) is 0. The summed E-state index contributed by atoms with van der Waals surface area (Å²) in [4.78, 5) is 29.9. The summed E-state index contributed by atoms with van der Waals surface area (Å²) in [6, 6.07) is 4.09. The normalized spacial score (nSPS) is 29.7. The number of piperidine rings is 1. The zero-order valence-corrected chi connectivity index (χ0v) is 12.3. The molecule has 3 atom stereocenters. The maximum absolute atomic E-state index is 13.1. The Bertz CT molecular complexity index is 635. The topological polar surface area (TPSA) is 59.5 Å². The molecule has 1 saturated heterocycles. The third-order valence-electron chi connectivity index (χ3n) is 4.67. The van der Waals surface area contributed by atoms with Crippen molar-refractivity contribution in [3.8, 4) is 0 Å². The van der Waals surface area contributed by atoms with E-state index in [0.29, 0.717) is 0 Å². The van der Waals surface area contributed by atoms with Gasteiger partial charge in [0, 0.05) is 18.7 Å². The van der Waals surface area contributed by atoms with Crippen molar-refractivity contribution >= 4 is 11.9 Å². The van der Waals surface area contributed by atoms with E-state index in [0.717, 1.165) is 7.11 Å². The first-order valence-corrected chi connectivity index (χ1v) is 7.19. The van der Waals surface area contributed by atoms with Gasteiger partial charge in [-0.05, 0) is 25.0 Å². The lowest BCUT2D eigenvalue weighted by atomic mass is 9.63. The van der Waals surface area contributed by atoms with Crippen LogP contribution in [0.3, 0.4) is 0 Å². The van der Waals surface area contributed by atoms with E-state index in [1.807, 2.05) is 0 Å². The SMILES string of the molecule is COC(=O)C12C[C@@H](C[C@@H](C(F)(F)F)C1)N2C(=O)c1ccccn1. The van der Waals surface area contributed by atoms with Gasteiger partial charge >= 0.3 is 12.1 Å². The summed E-state index contributed by atoms with van der Waals surface area (Å²) >= 11 is 0. The molecule has 0 N–H and O–H groups in total. The molecule has 3 rings (SSSR count). The van der Waals surface area contributed by atoms with Crippen molar-refractivity contribution in [1.29, 1.82) is 0 Å². The zero-order valence-electron chi connectivity index (χ0n) is 12.3. The van der Waals surface area contributed by atoms with Crippen molar-refractivity contribution in [2.45, 2.75) is 37.0 Å². The summed E-state index contributed by atoms with van der Waals surface area (Å²) in [7, 11) is 1.12. The monoisotopic (exact) mass is 328 g/mol. The lowest BCUT2D eigenvalue weighted by molar-refractivity contribution is -0.229. The number of halogens is 3. The molecule has 124 valence electrons. The predicted molar refractivity (Wildman–Crippen MR) is 72.3 cm³/mol. The number of amides is 1. The second kappa shape index (κ2) is 5.21. The number of carbonyl (C=O) groups excluding carboxylic acids is 2. The Balaban J connectivity index is 1.93. The summed E-state index contributed by atoms with van der Waals surface area (Å²) in [6.45, 7) is 0. The quantitative estimate of drug-likeness (QED) is 0.781. The number of esters is 1. The van der Waals surface area contributed by atoms with E-state index in [-0.39, 0.29) is 18.5 Å². The Morgan fingerprint density at radius 1 is 1.35 bits per heavy atom. The van der Waals surface area contributed by atoms with Crippen LogP contribution in [0.5, 0.6) is 0 Å². The standard InChI is InChI=1S/C15H15F3N2O3/c1-23-13(22)14-7-9(15(16,17)18)6-10(8-14)20(14)12(21)11-4-2-3-5-19-11/h2-5,9-10H,6-8H2,1H3/t9-,10-,14?/m1/s1. The lowest BCUT2D eigenvalue weighted by Gasteiger charge is -2.61. The smallest absolute Gasteiger partial charge is 0.392 e. The van der Waals surface area contributed by atoms with Gasteiger partial charge in [-0.15, -0.1) is 0 Å². The highest BCUT2D eigenvalue weighted by Crippen LogP contribution is 2.54. The molecular formula is C15H15F3N2O3. The molecule has 23 heavy (non-hydrogen) atoms. The van der Waals surface area contributed by atoms with E-state index in [4.69, 9.17) is 0 Å². The Hall–Kier alpha value is -2.12. The second-order valence-corrected chi connectivity index (χ2v) is 5.95. The first-order valence-electron chi connectivity index (χ1n) is 7.19. The number of methoxy groups -OCH3 is 1. The highest BCUT2D eigenvalue weighted by atomic mass is 19.4. The molecule has 1 aliphatic carbocycles. The Morgan fingerprint density at radius 2 is 2.09 bits per heavy atom. The van der Waals surface area contributed by atoms with Gasteiger partial charge in [0.15, 0.2) is 0 Å². The largest absolute Gasteiger partial charge is 0.467 e. The van der Waals surface area contributed by atoms with Crippen molar-refractivity contribution in [1.82, 2.24) is 9.88 Å². The van der Waals surface area contributed by atoms with E-state index in [1.54, 1.807) is 12.1 Å². The molecule has 2 bridgehead atoms. The van der Waals surface area contributed by atoms with Crippen molar-refractivity contribution in [3.05, 3.63) is 30.1 Å². The van der Waals surface area contributed by atoms with Crippen molar-refractivity contribution < 1.29 is 27.5 Å². The van der Waals surface area contributed by atoms with Crippen LogP contribution in [0.25, 0.3) is 0 Å². The van der Waals surface area contributed by atoms with Crippen LogP contribution in [0.15, 0.2) is 24.4 Å². The number of rotatable bonds is 2. The summed E-state index contributed by atoms with van der Waals surface area (Å²) in [6.07, 6.45) is -3.42. The average Bonchev–Trinajstić information content (AvgIpc) is 2.53. The van der Waals surface area contributed by atoms with Gasteiger partial charge in [0.05, 0.1) is 13.0 Å². The molecule has 2 aliphatic rings. The number of fused-ring (bicyclic) bond motifs is 2. The highest BCUT2D eigenvalue weighted by Gasteiger charge is 2.67. The number of nitrogens with zero attached hydrogens (tertiary/aromatic N) is 2. The minimum Gasteiger partial charge on any atom is -0.467 e.